The molecule has 6 heteroatoms. The molecule has 0 aliphatic carbocycles. The first-order valence-electron chi connectivity index (χ1n) is 5.77. The summed E-state index contributed by atoms with van der Waals surface area (Å²) in [6, 6.07) is 0. The van der Waals surface area contributed by atoms with Gasteiger partial charge in [0.2, 0.25) is 5.91 Å². The number of nitrogens with one attached hydrogen (secondary N) is 1. The maximum Gasteiger partial charge on any atom is 0.285 e. The van der Waals surface area contributed by atoms with Gasteiger partial charge in [0.15, 0.2) is 0 Å². The van der Waals surface area contributed by atoms with Crippen LogP contribution in [-0.4, -0.2) is 35.0 Å². The van der Waals surface area contributed by atoms with E-state index >= 15 is 0 Å². The number of carbonyl (C=O) groups is 3. The maximum atomic E-state index is 14.8. The third kappa shape index (κ3) is 1.89. The van der Waals surface area contributed by atoms with E-state index in [2.05, 4.69) is 13.2 Å². The number of carbonyl (C=O) groups excluding carboxylic acids is 3. The van der Waals surface area contributed by atoms with Gasteiger partial charge >= 0.3 is 0 Å². The lowest BCUT2D eigenvalue weighted by molar-refractivity contribution is -0.163. The molecule has 19 heavy (non-hydrogen) atoms. The Labute approximate surface area is 109 Å². The summed E-state index contributed by atoms with van der Waals surface area (Å²) in [6.45, 7) is 6.99. The van der Waals surface area contributed by atoms with Crippen LogP contribution < -0.4 is 5.32 Å². The van der Waals surface area contributed by atoms with Crippen LogP contribution >= 0.6 is 0 Å². The Hall–Kier alpha value is -2.24. The molecule has 0 bridgehead atoms. The van der Waals surface area contributed by atoms with E-state index in [0.717, 1.165) is 4.90 Å². The first-order valence-corrected chi connectivity index (χ1v) is 5.77. The molecule has 0 aromatic carbocycles. The number of rotatable bonds is 3. The summed E-state index contributed by atoms with van der Waals surface area (Å²) >= 11 is 0. The number of imide groups is 1. The number of hydrogen-bond acceptors (Lipinski definition) is 3. The van der Waals surface area contributed by atoms with Crippen molar-refractivity contribution in [2.45, 2.75) is 18.6 Å². The van der Waals surface area contributed by atoms with Crippen molar-refractivity contribution in [3.05, 3.63) is 36.5 Å². The van der Waals surface area contributed by atoms with Crippen molar-refractivity contribution in [1.82, 2.24) is 10.2 Å². The highest BCUT2D eigenvalue weighted by molar-refractivity contribution is 6.07. The summed E-state index contributed by atoms with van der Waals surface area (Å²) < 4.78 is 14.8. The van der Waals surface area contributed by atoms with Gasteiger partial charge < -0.3 is 0 Å². The SMILES string of the molecule is C=CC1=C(C=C)C(=O)N(C2(F)CCC(=O)NC2=O)C1. The summed E-state index contributed by atoms with van der Waals surface area (Å²) in [5.74, 6) is -4.74. The van der Waals surface area contributed by atoms with Gasteiger partial charge in [0.05, 0.1) is 6.54 Å². The Morgan fingerprint density at radius 1 is 1.26 bits per heavy atom. The van der Waals surface area contributed by atoms with E-state index in [1.165, 1.54) is 12.2 Å². The Bertz CT molecular complexity index is 538. The van der Waals surface area contributed by atoms with Gasteiger partial charge in [-0.3, -0.25) is 24.6 Å². The molecule has 2 heterocycles. The van der Waals surface area contributed by atoms with Crippen molar-refractivity contribution in [3.8, 4) is 0 Å². The zero-order valence-corrected chi connectivity index (χ0v) is 10.2. The van der Waals surface area contributed by atoms with Gasteiger partial charge in [-0.1, -0.05) is 25.3 Å². The van der Waals surface area contributed by atoms with E-state index in [1.807, 2.05) is 5.32 Å². The van der Waals surface area contributed by atoms with E-state index in [0.29, 0.717) is 5.57 Å². The Balaban J connectivity index is 2.32. The van der Waals surface area contributed by atoms with Crippen molar-refractivity contribution in [2.75, 3.05) is 6.54 Å². The van der Waals surface area contributed by atoms with E-state index < -0.39 is 23.5 Å². The highest BCUT2D eigenvalue weighted by Gasteiger charge is 2.52. The first-order chi connectivity index (χ1) is 8.93. The molecule has 0 radical (unpaired) electrons. The molecular formula is C13H13FN2O3. The largest absolute Gasteiger partial charge is 0.294 e. The van der Waals surface area contributed by atoms with Crippen LogP contribution in [0, 0.1) is 0 Å². The molecule has 1 unspecified atom stereocenters. The topological polar surface area (TPSA) is 66.5 Å². The van der Waals surface area contributed by atoms with Gasteiger partial charge in [-0.25, -0.2) is 4.39 Å². The molecule has 5 nitrogen and oxygen atoms in total. The minimum absolute atomic E-state index is 0.0538. The van der Waals surface area contributed by atoms with Gasteiger partial charge in [0.25, 0.3) is 17.6 Å². The zero-order chi connectivity index (χ0) is 14.2. The molecule has 0 aromatic rings. The van der Waals surface area contributed by atoms with Crippen LogP contribution in [0.15, 0.2) is 36.5 Å². The fourth-order valence-corrected chi connectivity index (χ4v) is 2.22. The zero-order valence-electron chi connectivity index (χ0n) is 10.2. The molecule has 3 amide bonds. The van der Waals surface area contributed by atoms with Crippen molar-refractivity contribution >= 4 is 17.7 Å². The molecule has 100 valence electrons. The summed E-state index contributed by atoms with van der Waals surface area (Å²) in [4.78, 5) is 35.6. The molecule has 2 aliphatic rings. The number of hydrogen-bond donors (Lipinski definition) is 1. The monoisotopic (exact) mass is 264 g/mol. The van der Waals surface area contributed by atoms with Crippen molar-refractivity contribution in [3.63, 3.8) is 0 Å². The van der Waals surface area contributed by atoms with Gasteiger partial charge in [0, 0.05) is 18.4 Å². The fourth-order valence-electron chi connectivity index (χ4n) is 2.22. The lowest BCUT2D eigenvalue weighted by Crippen LogP contribution is -2.61. The van der Waals surface area contributed by atoms with Crippen molar-refractivity contribution in [1.29, 1.82) is 0 Å². The average molecular weight is 264 g/mol. The Morgan fingerprint density at radius 2 is 1.95 bits per heavy atom. The summed E-state index contributed by atoms with van der Waals surface area (Å²) in [6.07, 6.45) is 2.27. The second kappa shape index (κ2) is 4.46. The molecule has 1 saturated heterocycles. The highest BCUT2D eigenvalue weighted by atomic mass is 19.1. The third-order valence-corrected chi connectivity index (χ3v) is 3.31. The van der Waals surface area contributed by atoms with Crippen LogP contribution in [0.3, 0.4) is 0 Å². The molecule has 1 fully saturated rings. The summed E-state index contributed by atoms with van der Waals surface area (Å²) in [7, 11) is 0. The molecule has 2 aliphatic heterocycles. The van der Waals surface area contributed by atoms with Gasteiger partial charge in [0.1, 0.15) is 0 Å². The second-order valence-corrected chi connectivity index (χ2v) is 4.38. The van der Waals surface area contributed by atoms with E-state index in [9.17, 15) is 18.8 Å². The summed E-state index contributed by atoms with van der Waals surface area (Å²) in [5.41, 5.74) is 0.749. The molecule has 0 aromatic heterocycles. The second-order valence-electron chi connectivity index (χ2n) is 4.38. The smallest absolute Gasteiger partial charge is 0.285 e. The van der Waals surface area contributed by atoms with Crippen molar-refractivity contribution < 1.29 is 18.8 Å². The van der Waals surface area contributed by atoms with E-state index in [4.69, 9.17) is 0 Å². The number of halogens is 1. The number of amides is 3. The van der Waals surface area contributed by atoms with E-state index in [1.54, 1.807) is 0 Å². The van der Waals surface area contributed by atoms with E-state index in [-0.39, 0.29) is 25.0 Å². The number of nitrogens with zero attached hydrogens (tertiary/aromatic N) is 1. The lowest BCUT2D eigenvalue weighted by Gasteiger charge is -2.35. The third-order valence-electron chi connectivity index (χ3n) is 3.31. The van der Waals surface area contributed by atoms with Crippen molar-refractivity contribution in [2.24, 2.45) is 0 Å². The minimum Gasteiger partial charge on any atom is -0.294 e. The average Bonchev–Trinajstić information content (AvgIpc) is 2.71. The van der Waals surface area contributed by atoms with Crippen LogP contribution in [0.25, 0.3) is 0 Å². The Kier molecular flexibility index (Phi) is 3.09. The Morgan fingerprint density at radius 3 is 2.42 bits per heavy atom. The standard InChI is InChI=1S/C13H13FN2O3/c1-3-8-7-16(11(18)9(8)4-2)13(14)6-5-10(17)15-12(13)19/h3-4H,1-2,5-7H2,(H,15,17,19). The van der Waals surface area contributed by atoms with Crippen LogP contribution in [0.1, 0.15) is 12.8 Å². The quantitative estimate of drug-likeness (QED) is 0.599. The molecule has 0 spiro atoms. The molecular weight excluding hydrogens is 251 g/mol. The lowest BCUT2D eigenvalue weighted by atomic mass is 10.0. The van der Waals surface area contributed by atoms with Crippen LogP contribution in [0.4, 0.5) is 4.39 Å². The van der Waals surface area contributed by atoms with Crippen LogP contribution in [0.5, 0.6) is 0 Å². The van der Waals surface area contributed by atoms with Gasteiger partial charge in [-0.05, 0) is 5.57 Å². The summed E-state index contributed by atoms with van der Waals surface area (Å²) in [5, 5.41) is 1.92. The van der Waals surface area contributed by atoms with Gasteiger partial charge in [-0.2, -0.15) is 0 Å². The number of piperidine rings is 1. The molecule has 1 N–H and O–H groups in total. The molecule has 1 atom stereocenters. The number of alkyl halides is 1. The fraction of sp³-hybridized carbons (Fsp3) is 0.308. The highest BCUT2D eigenvalue weighted by Crippen LogP contribution is 2.34. The molecule has 2 rings (SSSR count). The van der Waals surface area contributed by atoms with Gasteiger partial charge in [-0.15, -0.1) is 0 Å². The van der Waals surface area contributed by atoms with Crippen LogP contribution in [0.2, 0.25) is 0 Å². The maximum absolute atomic E-state index is 14.8. The molecule has 0 saturated carbocycles. The first kappa shape index (κ1) is 13.2. The predicted octanol–water partition coefficient (Wildman–Crippen LogP) is 0.600. The van der Waals surface area contributed by atoms with Crippen LogP contribution in [-0.2, 0) is 14.4 Å². The predicted molar refractivity (Wildman–Crippen MR) is 65.4 cm³/mol. The normalized spacial score (nSPS) is 27.6. The minimum atomic E-state index is -2.50.